The minimum Gasteiger partial charge on any atom is -0.351 e. The second kappa shape index (κ2) is 7.89. The molecule has 0 saturated carbocycles. The molecular weight excluding hydrogens is 351 g/mol. The van der Waals surface area contributed by atoms with Crippen LogP contribution in [0.4, 0.5) is 0 Å². The average Bonchev–Trinajstić information content (AvgIpc) is 2.32. The van der Waals surface area contributed by atoms with Gasteiger partial charge in [-0.1, -0.05) is 18.5 Å². The highest BCUT2D eigenvalue weighted by Gasteiger charge is 2.06. The molecule has 1 amide bonds. The Morgan fingerprint density at radius 3 is 2.76 bits per heavy atom. The van der Waals surface area contributed by atoms with E-state index < -0.39 is 0 Å². The third kappa shape index (κ3) is 5.23. The van der Waals surface area contributed by atoms with Crippen LogP contribution in [0.2, 0.25) is 5.02 Å². The van der Waals surface area contributed by atoms with Crippen LogP contribution < -0.4 is 10.6 Å². The fourth-order valence-electron chi connectivity index (χ4n) is 1.31. The van der Waals surface area contributed by atoms with Crippen molar-refractivity contribution >= 4 is 40.1 Å². The topological polar surface area (TPSA) is 41.1 Å². The zero-order valence-corrected chi connectivity index (χ0v) is 12.6. The summed E-state index contributed by atoms with van der Waals surface area (Å²) in [5.41, 5.74) is 0.603. The van der Waals surface area contributed by atoms with Crippen LogP contribution in [0.3, 0.4) is 0 Å². The molecule has 0 radical (unpaired) electrons. The lowest BCUT2D eigenvalue weighted by molar-refractivity contribution is 0.0954. The lowest BCUT2D eigenvalue weighted by atomic mass is 10.2. The van der Waals surface area contributed by atoms with Crippen LogP contribution in [0.1, 0.15) is 23.7 Å². The van der Waals surface area contributed by atoms with Crippen LogP contribution in [-0.4, -0.2) is 25.5 Å². The van der Waals surface area contributed by atoms with Gasteiger partial charge in [-0.25, -0.2) is 0 Å². The van der Waals surface area contributed by atoms with E-state index in [1.807, 2.05) is 6.07 Å². The summed E-state index contributed by atoms with van der Waals surface area (Å²) in [6.45, 7) is 4.50. The summed E-state index contributed by atoms with van der Waals surface area (Å²) in [5, 5.41) is 6.68. The molecule has 0 saturated heterocycles. The Morgan fingerprint density at radius 2 is 2.12 bits per heavy atom. The first-order chi connectivity index (χ1) is 8.15. The molecular formula is C12H16ClIN2O. The minimum atomic E-state index is -0.0819. The number of halogens is 2. The van der Waals surface area contributed by atoms with Gasteiger partial charge in [0.1, 0.15) is 0 Å². The maximum absolute atomic E-state index is 11.7. The second-order valence-electron chi connectivity index (χ2n) is 3.63. The number of hydrogen-bond donors (Lipinski definition) is 2. The van der Waals surface area contributed by atoms with Gasteiger partial charge in [-0.2, -0.15) is 0 Å². The van der Waals surface area contributed by atoms with E-state index in [0.717, 1.165) is 23.1 Å². The number of hydrogen-bond acceptors (Lipinski definition) is 2. The molecule has 3 nitrogen and oxygen atoms in total. The smallest absolute Gasteiger partial charge is 0.251 e. The first-order valence-electron chi connectivity index (χ1n) is 5.59. The lowest BCUT2D eigenvalue weighted by Crippen LogP contribution is -2.32. The summed E-state index contributed by atoms with van der Waals surface area (Å²) in [5.74, 6) is -0.0819. The van der Waals surface area contributed by atoms with E-state index in [9.17, 15) is 4.79 Å². The molecule has 0 atom stereocenters. The van der Waals surface area contributed by atoms with Gasteiger partial charge in [-0.15, -0.1) is 0 Å². The summed E-state index contributed by atoms with van der Waals surface area (Å²) in [6.07, 6.45) is 1.10. The molecule has 17 heavy (non-hydrogen) atoms. The van der Waals surface area contributed by atoms with Crippen LogP contribution in [0.25, 0.3) is 0 Å². The van der Waals surface area contributed by atoms with Gasteiger partial charge in [-0.3, -0.25) is 4.79 Å². The highest BCUT2D eigenvalue weighted by atomic mass is 127. The largest absolute Gasteiger partial charge is 0.351 e. The monoisotopic (exact) mass is 366 g/mol. The molecule has 0 spiro atoms. The normalized spacial score (nSPS) is 10.3. The zero-order valence-electron chi connectivity index (χ0n) is 9.72. The van der Waals surface area contributed by atoms with Gasteiger partial charge in [0, 0.05) is 22.2 Å². The van der Waals surface area contributed by atoms with Crippen LogP contribution >= 0.6 is 34.2 Å². The van der Waals surface area contributed by atoms with Crippen LogP contribution in [0, 0.1) is 3.57 Å². The maximum atomic E-state index is 11.7. The van der Waals surface area contributed by atoms with E-state index in [1.165, 1.54) is 0 Å². The summed E-state index contributed by atoms with van der Waals surface area (Å²) in [4.78, 5) is 11.7. The molecule has 2 N–H and O–H groups in total. The van der Waals surface area contributed by atoms with Gasteiger partial charge in [0.25, 0.3) is 5.91 Å². The number of amides is 1. The quantitative estimate of drug-likeness (QED) is 0.600. The van der Waals surface area contributed by atoms with Gasteiger partial charge in [-0.05, 0) is 53.8 Å². The Labute approximate surface area is 120 Å². The van der Waals surface area contributed by atoms with Crippen molar-refractivity contribution < 1.29 is 4.79 Å². The molecule has 0 aromatic heterocycles. The lowest BCUT2D eigenvalue weighted by Gasteiger charge is -2.06. The molecule has 94 valence electrons. The van der Waals surface area contributed by atoms with Crippen molar-refractivity contribution in [1.82, 2.24) is 10.6 Å². The van der Waals surface area contributed by atoms with Crippen LogP contribution in [0.5, 0.6) is 0 Å². The third-order valence-corrected chi connectivity index (χ3v) is 3.77. The Kier molecular flexibility index (Phi) is 6.84. The van der Waals surface area contributed by atoms with Crippen molar-refractivity contribution in [2.75, 3.05) is 19.6 Å². The van der Waals surface area contributed by atoms with Crippen molar-refractivity contribution in [2.24, 2.45) is 0 Å². The molecule has 1 aromatic carbocycles. The minimum absolute atomic E-state index is 0.0819. The van der Waals surface area contributed by atoms with E-state index in [4.69, 9.17) is 11.6 Å². The molecule has 5 heteroatoms. The van der Waals surface area contributed by atoms with Crippen molar-refractivity contribution in [2.45, 2.75) is 13.3 Å². The molecule has 0 fully saturated rings. The van der Waals surface area contributed by atoms with Gasteiger partial charge in [0.15, 0.2) is 0 Å². The summed E-state index contributed by atoms with van der Waals surface area (Å²) >= 11 is 8.10. The molecule has 1 rings (SSSR count). The first kappa shape index (κ1) is 14.7. The Balaban J connectivity index is 2.39. The molecule has 0 aliphatic rings. The number of nitrogens with one attached hydrogen (secondary N) is 2. The Bertz CT molecular complexity index is 385. The predicted molar refractivity (Wildman–Crippen MR) is 79.7 cm³/mol. The number of rotatable bonds is 6. The van der Waals surface area contributed by atoms with Crippen LogP contribution in [0.15, 0.2) is 18.2 Å². The van der Waals surface area contributed by atoms with Gasteiger partial charge < -0.3 is 10.6 Å². The average molecular weight is 367 g/mol. The highest BCUT2D eigenvalue weighted by molar-refractivity contribution is 14.1. The first-order valence-corrected chi connectivity index (χ1v) is 7.04. The molecule has 0 aliphatic heterocycles. The van der Waals surface area contributed by atoms with E-state index in [-0.39, 0.29) is 5.91 Å². The summed E-state index contributed by atoms with van der Waals surface area (Å²) in [7, 11) is 0. The zero-order chi connectivity index (χ0) is 12.7. The Hall–Kier alpha value is -0.330. The van der Waals surface area contributed by atoms with Crippen molar-refractivity contribution in [3.63, 3.8) is 0 Å². The molecule has 1 aromatic rings. The summed E-state index contributed by atoms with van der Waals surface area (Å²) < 4.78 is 0.949. The predicted octanol–water partition coefficient (Wildman–Crippen LogP) is 2.67. The van der Waals surface area contributed by atoms with E-state index in [1.54, 1.807) is 12.1 Å². The number of benzene rings is 1. The standard InChI is InChI=1S/C12H16ClIN2O/c1-2-5-15-6-7-16-12(17)9-3-4-11(14)10(13)8-9/h3-4,8,15H,2,5-7H2,1H3,(H,16,17). The Morgan fingerprint density at radius 1 is 1.35 bits per heavy atom. The maximum Gasteiger partial charge on any atom is 0.251 e. The van der Waals surface area contributed by atoms with E-state index in [0.29, 0.717) is 17.1 Å². The van der Waals surface area contributed by atoms with Gasteiger partial charge in [0.05, 0.1) is 5.02 Å². The SMILES string of the molecule is CCCNCCNC(=O)c1ccc(I)c(Cl)c1. The highest BCUT2D eigenvalue weighted by Crippen LogP contribution is 2.19. The van der Waals surface area contributed by atoms with E-state index in [2.05, 4.69) is 40.1 Å². The van der Waals surface area contributed by atoms with Crippen molar-refractivity contribution in [1.29, 1.82) is 0 Å². The van der Waals surface area contributed by atoms with Crippen LogP contribution in [-0.2, 0) is 0 Å². The molecule has 0 unspecified atom stereocenters. The molecule has 0 heterocycles. The fourth-order valence-corrected chi connectivity index (χ4v) is 1.82. The van der Waals surface area contributed by atoms with Crippen molar-refractivity contribution in [3.05, 3.63) is 32.4 Å². The van der Waals surface area contributed by atoms with Crippen molar-refractivity contribution in [3.8, 4) is 0 Å². The number of carbonyl (C=O) groups is 1. The third-order valence-electron chi connectivity index (χ3n) is 2.20. The molecule has 0 aliphatic carbocycles. The summed E-state index contributed by atoms with van der Waals surface area (Å²) in [6, 6.07) is 5.31. The van der Waals surface area contributed by atoms with Gasteiger partial charge in [0.2, 0.25) is 0 Å². The van der Waals surface area contributed by atoms with E-state index >= 15 is 0 Å². The second-order valence-corrected chi connectivity index (χ2v) is 5.20. The molecule has 0 bridgehead atoms. The number of carbonyl (C=O) groups excluding carboxylic acids is 1. The van der Waals surface area contributed by atoms with Gasteiger partial charge >= 0.3 is 0 Å². The fraction of sp³-hybridized carbons (Fsp3) is 0.417.